The molecule has 0 radical (unpaired) electrons. The first-order valence-electron chi connectivity index (χ1n) is 13.1. The van der Waals surface area contributed by atoms with Gasteiger partial charge in [0.05, 0.1) is 12.1 Å². The highest BCUT2D eigenvalue weighted by atomic mass is 19.3. The molecule has 1 N–H and O–H groups in total. The van der Waals surface area contributed by atoms with Gasteiger partial charge in [0, 0.05) is 40.9 Å². The Kier molecular flexibility index (Phi) is 8.48. The van der Waals surface area contributed by atoms with E-state index in [1.165, 1.54) is 30.3 Å². The van der Waals surface area contributed by atoms with Gasteiger partial charge in [0.2, 0.25) is 0 Å². The summed E-state index contributed by atoms with van der Waals surface area (Å²) in [6.45, 7) is -0.984. The fraction of sp³-hybridized carbons (Fsp3) is 0.125. The van der Waals surface area contributed by atoms with Crippen LogP contribution in [0.25, 0.3) is 0 Å². The smallest absolute Gasteiger partial charge is 0.323 e. The van der Waals surface area contributed by atoms with Gasteiger partial charge in [0.25, 0.3) is 0 Å². The lowest BCUT2D eigenvalue weighted by atomic mass is 9.84. The van der Waals surface area contributed by atoms with Gasteiger partial charge in [-0.1, -0.05) is 30.0 Å². The number of nitriles is 1. The number of benzene rings is 3. The second-order valence-corrected chi connectivity index (χ2v) is 9.85. The van der Waals surface area contributed by atoms with E-state index in [0.29, 0.717) is 28.8 Å². The Morgan fingerprint density at radius 3 is 2.27 bits per heavy atom. The van der Waals surface area contributed by atoms with Crippen LogP contribution in [0, 0.1) is 40.6 Å². The minimum absolute atomic E-state index is 0.0744. The number of Topliss-reactive ketones (excluding diaryl/α,β-unsaturated/α-hetero) is 1. The molecule has 0 fully saturated rings. The van der Waals surface area contributed by atoms with E-state index in [-0.39, 0.29) is 23.3 Å². The Hall–Kier alpha value is -5.79. The van der Waals surface area contributed by atoms with Gasteiger partial charge in [0.1, 0.15) is 35.5 Å². The molecule has 2 heterocycles. The first-order chi connectivity index (χ1) is 21.5. The molecule has 13 heteroatoms. The van der Waals surface area contributed by atoms with Crippen LogP contribution in [0.3, 0.4) is 0 Å². The standard InChI is InChI=1S/C32H19F5N6O2/c33-25-10-11-26(28(35)15-25)31(45,18-43-19-40-41-42-43)32(36,37)30-12-6-21(17-39-30)2-1-20-3-7-23(8-4-20)29(44)14-22-5-9-24(16-38)27(34)13-22/h3-13,15,17,19,45H,14,18H2. The molecule has 5 rings (SSSR count). The van der Waals surface area contributed by atoms with Crippen molar-refractivity contribution in [3.8, 4) is 17.9 Å². The van der Waals surface area contributed by atoms with Gasteiger partial charge in [-0.3, -0.25) is 9.78 Å². The highest BCUT2D eigenvalue weighted by Gasteiger charge is 2.58. The van der Waals surface area contributed by atoms with Crippen molar-refractivity contribution in [1.82, 2.24) is 25.2 Å². The molecule has 0 saturated heterocycles. The molecular formula is C32H19F5N6O2. The van der Waals surface area contributed by atoms with Crippen LogP contribution in [0.15, 0.2) is 85.3 Å². The summed E-state index contributed by atoms with van der Waals surface area (Å²) in [6, 6.07) is 15.9. The van der Waals surface area contributed by atoms with Crippen molar-refractivity contribution < 1.29 is 31.9 Å². The van der Waals surface area contributed by atoms with E-state index in [1.807, 2.05) is 0 Å². The fourth-order valence-electron chi connectivity index (χ4n) is 4.46. The van der Waals surface area contributed by atoms with Crippen LogP contribution in [0.4, 0.5) is 22.0 Å². The summed E-state index contributed by atoms with van der Waals surface area (Å²) >= 11 is 0. The number of hydrogen-bond acceptors (Lipinski definition) is 7. The Balaban J connectivity index is 1.33. The van der Waals surface area contributed by atoms with E-state index in [1.54, 1.807) is 18.2 Å². The first kappa shape index (κ1) is 30.7. The average molecular weight is 615 g/mol. The molecule has 0 spiro atoms. The Morgan fingerprint density at radius 1 is 0.911 bits per heavy atom. The van der Waals surface area contributed by atoms with Crippen molar-refractivity contribution in [3.05, 3.63) is 142 Å². The highest BCUT2D eigenvalue weighted by Crippen LogP contribution is 2.46. The van der Waals surface area contributed by atoms with Gasteiger partial charge in [-0.05, 0) is 64.5 Å². The molecule has 0 amide bonds. The molecule has 45 heavy (non-hydrogen) atoms. The van der Waals surface area contributed by atoms with E-state index in [2.05, 4.69) is 32.4 Å². The number of tetrazole rings is 1. The quantitative estimate of drug-likeness (QED) is 0.151. The number of aliphatic hydroxyl groups is 1. The van der Waals surface area contributed by atoms with Gasteiger partial charge in [-0.25, -0.2) is 17.9 Å². The van der Waals surface area contributed by atoms with Crippen LogP contribution in [0.5, 0.6) is 0 Å². The van der Waals surface area contributed by atoms with Crippen LogP contribution in [-0.2, 0) is 24.5 Å². The number of halogens is 5. The number of nitrogens with zero attached hydrogens (tertiary/aromatic N) is 6. The zero-order valence-corrected chi connectivity index (χ0v) is 22.9. The maximum absolute atomic E-state index is 15.9. The van der Waals surface area contributed by atoms with Crippen LogP contribution < -0.4 is 0 Å². The van der Waals surface area contributed by atoms with Crippen molar-refractivity contribution in [2.75, 3.05) is 0 Å². The molecule has 5 aromatic rings. The molecule has 8 nitrogen and oxygen atoms in total. The van der Waals surface area contributed by atoms with Crippen LogP contribution in [-0.4, -0.2) is 36.1 Å². The minimum atomic E-state index is -4.21. The Morgan fingerprint density at radius 2 is 1.64 bits per heavy atom. The number of alkyl halides is 2. The van der Waals surface area contributed by atoms with Gasteiger partial charge in [0.15, 0.2) is 11.4 Å². The molecule has 1 unspecified atom stereocenters. The number of aromatic nitrogens is 5. The highest BCUT2D eigenvalue weighted by molar-refractivity contribution is 5.97. The van der Waals surface area contributed by atoms with E-state index in [0.717, 1.165) is 35.4 Å². The molecular weight excluding hydrogens is 595 g/mol. The molecule has 0 saturated carbocycles. The van der Waals surface area contributed by atoms with E-state index < -0.39 is 46.8 Å². The molecule has 0 aliphatic carbocycles. The fourth-order valence-corrected chi connectivity index (χ4v) is 4.46. The van der Waals surface area contributed by atoms with E-state index in [9.17, 15) is 23.1 Å². The predicted molar refractivity (Wildman–Crippen MR) is 148 cm³/mol. The molecule has 224 valence electrons. The third-order valence-corrected chi connectivity index (χ3v) is 6.84. The van der Waals surface area contributed by atoms with Gasteiger partial charge in [-0.2, -0.15) is 14.0 Å². The zero-order chi connectivity index (χ0) is 32.2. The van der Waals surface area contributed by atoms with Crippen molar-refractivity contribution in [3.63, 3.8) is 0 Å². The normalized spacial score (nSPS) is 12.5. The van der Waals surface area contributed by atoms with E-state index in [4.69, 9.17) is 5.26 Å². The SMILES string of the molecule is N#Cc1ccc(CC(=O)c2ccc(C#Cc3ccc(C(F)(F)C(O)(Cn4cnnn4)c4ccc(F)cc4F)nc3)cc2)cc1F. The molecule has 2 aromatic heterocycles. The topological polar surface area (TPSA) is 118 Å². The third-order valence-electron chi connectivity index (χ3n) is 6.84. The monoisotopic (exact) mass is 614 g/mol. The summed E-state index contributed by atoms with van der Waals surface area (Å²) in [6.07, 6.45) is 1.92. The number of carbonyl (C=O) groups excluding carboxylic acids is 1. The molecule has 3 aromatic carbocycles. The van der Waals surface area contributed by atoms with Gasteiger partial charge >= 0.3 is 5.92 Å². The van der Waals surface area contributed by atoms with Gasteiger partial charge < -0.3 is 5.11 Å². The molecule has 0 aliphatic heterocycles. The zero-order valence-electron chi connectivity index (χ0n) is 22.9. The largest absolute Gasteiger partial charge is 0.377 e. The summed E-state index contributed by atoms with van der Waals surface area (Å²) in [5.74, 6) is -2.03. The van der Waals surface area contributed by atoms with Crippen molar-refractivity contribution in [2.45, 2.75) is 24.5 Å². The number of ketones is 1. The number of carbonyl (C=O) groups is 1. The lowest BCUT2D eigenvalue weighted by Crippen LogP contribution is -2.48. The summed E-state index contributed by atoms with van der Waals surface area (Å²) in [4.78, 5) is 16.4. The second-order valence-electron chi connectivity index (χ2n) is 9.85. The minimum Gasteiger partial charge on any atom is -0.377 e. The Bertz CT molecular complexity index is 1970. The first-order valence-corrected chi connectivity index (χ1v) is 13.1. The van der Waals surface area contributed by atoms with Crippen molar-refractivity contribution in [2.24, 2.45) is 0 Å². The second kappa shape index (κ2) is 12.4. The third kappa shape index (κ3) is 6.44. The van der Waals surface area contributed by atoms with Crippen LogP contribution in [0.2, 0.25) is 0 Å². The molecule has 1 atom stereocenters. The van der Waals surface area contributed by atoms with Crippen LogP contribution >= 0.6 is 0 Å². The number of pyridine rings is 1. The van der Waals surface area contributed by atoms with Gasteiger partial charge in [-0.15, -0.1) is 5.10 Å². The van der Waals surface area contributed by atoms with E-state index >= 15 is 8.78 Å². The number of rotatable bonds is 8. The van der Waals surface area contributed by atoms with Crippen LogP contribution in [0.1, 0.15) is 43.9 Å². The lowest BCUT2D eigenvalue weighted by molar-refractivity contribution is -0.207. The average Bonchev–Trinajstić information content (AvgIpc) is 3.53. The summed E-state index contributed by atoms with van der Waals surface area (Å²) in [7, 11) is 0. The molecule has 0 bridgehead atoms. The maximum atomic E-state index is 15.9. The maximum Gasteiger partial charge on any atom is 0.323 e. The van der Waals surface area contributed by atoms with Crippen molar-refractivity contribution >= 4 is 5.78 Å². The summed E-state index contributed by atoms with van der Waals surface area (Å²) in [5.41, 5.74) is -3.70. The Labute approximate surface area is 252 Å². The summed E-state index contributed by atoms with van der Waals surface area (Å²) < 4.78 is 74.6. The number of hydrogen-bond donors (Lipinski definition) is 1. The molecule has 0 aliphatic rings. The lowest BCUT2D eigenvalue weighted by Gasteiger charge is -2.35. The predicted octanol–water partition coefficient (Wildman–Crippen LogP) is 4.86. The van der Waals surface area contributed by atoms with Crippen molar-refractivity contribution in [1.29, 1.82) is 5.26 Å². The summed E-state index contributed by atoms with van der Waals surface area (Å²) in [5, 5.41) is 30.3.